The number of benzene rings is 1. The number of aliphatic hydroxyl groups is 1. The molecule has 0 aliphatic carbocycles. The van der Waals surface area contributed by atoms with Crippen molar-refractivity contribution < 1.29 is 19.3 Å². The smallest absolute Gasteiger partial charge is 0.119 e. The van der Waals surface area contributed by atoms with E-state index < -0.39 is 6.10 Å². The second kappa shape index (κ2) is 11.9. The van der Waals surface area contributed by atoms with Crippen molar-refractivity contribution in [2.75, 3.05) is 47.1 Å². The molecule has 0 bridgehead atoms. The average Bonchev–Trinajstić information content (AvgIpc) is 2.55. The highest BCUT2D eigenvalue weighted by molar-refractivity contribution is 5.28. The molecule has 1 rings (SSSR count). The summed E-state index contributed by atoms with van der Waals surface area (Å²) in [4.78, 5) is 2.18. The van der Waals surface area contributed by atoms with E-state index in [1.54, 1.807) is 14.2 Å². The number of rotatable bonds is 12. The Labute approximate surface area is 139 Å². The second-order valence-electron chi connectivity index (χ2n) is 5.31. The number of hydrogen-bond donors (Lipinski definition) is 1. The third kappa shape index (κ3) is 8.58. The summed E-state index contributed by atoms with van der Waals surface area (Å²) < 4.78 is 15.6. The summed E-state index contributed by atoms with van der Waals surface area (Å²) in [5, 5.41) is 10.1. The van der Waals surface area contributed by atoms with Crippen LogP contribution in [0.25, 0.3) is 0 Å². The van der Waals surface area contributed by atoms with Gasteiger partial charge in [-0.2, -0.15) is 0 Å². The molecule has 0 radical (unpaired) electrons. The predicted octanol–water partition coefficient (Wildman–Crippen LogP) is 1.54. The van der Waals surface area contributed by atoms with Crippen LogP contribution < -0.4 is 4.74 Å². The molecule has 1 N–H and O–H groups in total. The van der Waals surface area contributed by atoms with Crippen LogP contribution in [0.15, 0.2) is 24.3 Å². The molecule has 1 atom stereocenters. The van der Waals surface area contributed by atoms with Crippen LogP contribution in [0.3, 0.4) is 0 Å². The number of hydrogen-bond acceptors (Lipinski definition) is 5. The molecular formula is C18H27NO4. The standard InChI is InChI=1S/C18H27NO4/c1-4-10-23-15-17(20)14-19(9-6-11-21-2)13-16-7-5-8-18(12-16)22-3/h1,5,7-8,12,17,20H,6,9-11,13-15H2,2-3H3/t17-/m0/s1. The molecule has 5 heteroatoms. The first-order chi connectivity index (χ1) is 11.2. The van der Waals surface area contributed by atoms with Crippen molar-refractivity contribution in [1.29, 1.82) is 0 Å². The lowest BCUT2D eigenvalue weighted by Gasteiger charge is -2.25. The van der Waals surface area contributed by atoms with E-state index in [0.717, 1.165) is 30.8 Å². The summed E-state index contributed by atoms with van der Waals surface area (Å²) >= 11 is 0. The molecule has 5 nitrogen and oxygen atoms in total. The van der Waals surface area contributed by atoms with Crippen LogP contribution >= 0.6 is 0 Å². The number of ether oxygens (including phenoxy) is 3. The molecule has 0 unspecified atom stereocenters. The van der Waals surface area contributed by atoms with Gasteiger partial charge in [0.1, 0.15) is 12.4 Å². The third-order valence-corrected chi connectivity index (χ3v) is 3.33. The number of nitrogens with zero attached hydrogens (tertiary/aromatic N) is 1. The van der Waals surface area contributed by atoms with Crippen LogP contribution in [0, 0.1) is 12.3 Å². The minimum Gasteiger partial charge on any atom is -0.497 e. The fourth-order valence-electron chi connectivity index (χ4n) is 2.30. The van der Waals surface area contributed by atoms with Gasteiger partial charge in [-0.1, -0.05) is 18.1 Å². The molecular weight excluding hydrogens is 294 g/mol. The fraction of sp³-hybridized carbons (Fsp3) is 0.556. The number of methoxy groups -OCH3 is 2. The van der Waals surface area contributed by atoms with E-state index >= 15 is 0 Å². The zero-order chi connectivity index (χ0) is 16.9. The quantitative estimate of drug-likeness (QED) is 0.467. The molecule has 0 heterocycles. The summed E-state index contributed by atoms with van der Waals surface area (Å²) in [6, 6.07) is 7.94. The lowest BCUT2D eigenvalue weighted by atomic mass is 10.2. The van der Waals surface area contributed by atoms with Crippen molar-refractivity contribution in [3.05, 3.63) is 29.8 Å². The molecule has 0 fully saturated rings. The van der Waals surface area contributed by atoms with Crippen molar-refractivity contribution in [3.63, 3.8) is 0 Å². The minimum atomic E-state index is -0.573. The summed E-state index contributed by atoms with van der Waals surface area (Å²) in [5.41, 5.74) is 1.14. The van der Waals surface area contributed by atoms with Gasteiger partial charge in [0.25, 0.3) is 0 Å². The number of terminal acetylenes is 1. The third-order valence-electron chi connectivity index (χ3n) is 3.33. The van der Waals surface area contributed by atoms with Crippen molar-refractivity contribution in [2.24, 2.45) is 0 Å². The predicted molar refractivity (Wildman–Crippen MR) is 90.4 cm³/mol. The molecule has 0 saturated heterocycles. The molecule has 0 aliphatic heterocycles. The van der Waals surface area contributed by atoms with Gasteiger partial charge in [-0.15, -0.1) is 6.42 Å². The summed E-state index contributed by atoms with van der Waals surface area (Å²) in [7, 11) is 3.34. The Balaban J connectivity index is 2.57. The first-order valence-corrected chi connectivity index (χ1v) is 7.73. The highest BCUT2D eigenvalue weighted by Crippen LogP contribution is 2.14. The van der Waals surface area contributed by atoms with Crippen molar-refractivity contribution >= 4 is 0 Å². The fourth-order valence-corrected chi connectivity index (χ4v) is 2.30. The molecule has 0 spiro atoms. The molecule has 128 valence electrons. The minimum absolute atomic E-state index is 0.219. The van der Waals surface area contributed by atoms with Crippen molar-refractivity contribution in [2.45, 2.75) is 19.1 Å². The van der Waals surface area contributed by atoms with Gasteiger partial charge in [0.05, 0.1) is 19.8 Å². The summed E-state index contributed by atoms with van der Waals surface area (Å²) in [6.45, 7) is 3.23. The molecule has 0 aromatic heterocycles. The van der Waals surface area contributed by atoms with E-state index in [9.17, 15) is 5.11 Å². The Morgan fingerprint density at radius 3 is 2.87 bits per heavy atom. The lowest BCUT2D eigenvalue weighted by Crippen LogP contribution is -2.35. The van der Waals surface area contributed by atoms with Gasteiger partial charge < -0.3 is 19.3 Å². The van der Waals surface area contributed by atoms with Gasteiger partial charge in [-0.25, -0.2) is 0 Å². The molecule has 1 aromatic rings. The normalized spacial score (nSPS) is 12.1. The zero-order valence-corrected chi connectivity index (χ0v) is 14.0. The van der Waals surface area contributed by atoms with E-state index in [0.29, 0.717) is 13.2 Å². The Kier molecular flexibility index (Phi) is 10.1. The first-order valence-electron chi connectivity index (χ1n) is 7.73. The maximum atomic E-state index is 10.1. The van der Waals surface area contributed by atoms with Crippen molar-refractivity contribution in [3.8, 4) is 18.1 Å². The highest BCUT2D eigenvalue weighted by Gasteiger charge is 2.13. The molecule has 23 heavy (non-hydrogen) atoms. The van der Waals surface area contributed by atoms with Gasteiger partial charge in [0.2, 0.25) is 0 Å². The van der Waals surface area contributed by atoms with Crippen molar-refractivity contribution in [1.82, 2.24) is 4.90 Å². The van der Waals surface area contributed by atoms with Crippen LogP contribution in [-0.4, -0.2) is 63.2 Å². The van der Waals surface area contributed by atoms with E-state index in [-0.39, 0.29) is 13.2 Å². The Hall–Kier alpha value is -1.58. The van der Waals surface area contributed by atoms with E-state index in [1.165, 1.54) is 0 Å². The molecule has 0 saturated carbocycles. The maximum Gasteiger partial charge on any atom is 0.119 e. The largest absolute Gasteiger partial charge is 0.497 e. The van der Waals surface area contributed by atoms with Gasteiger partial charge in [0, 0.05) is 33.4 Å². The van der Waals surface area contributed by atoms with Gasteiger partial charge in [-0.05, 0) is 24.1 Å². The molecule has 0 aliphatic rings. The SMILES string of the molecule is C#CCOC[C@@H](O)CN(CCCOC)Cc1cccc(OC)c1. The Bertz CT molecular complexity index is 472. The lowest BCUT2D eigenvalue weighted by molar-refractivity contribution is 0.0244. The van der Waals surface area contributed by atoms with Gasteiger partial charge in [0.15, 0.2) is 0 Å². The van der Waals surface area contributed by atoms with Crippen LogP contribution in [0.5, 0.6) is 5.75 Å². The average molecular weight is 321 g/mol. The Morgan fingerprint density at radius 1 is 1.35 bits per heavy atom. The van der Waals surface area contributed by atoms with Gasteiger partial charge >= 0.3 is 0 Å². The van der Waals surface area contributed by atoms with E-state index in [1.807, 2.05) is 24.3 Å². The van der Waals surface area contributed by atoms with Crippen LogP contribution in [-0.2, 0) is 16.0 Å². The monoisotopic (exact) mass is 321 g/mol. The Morgan fingerprint density at radius 2 is 2.17 bits per heavy atom. The number of aliphatic hydroxyl groups excluding tert-OH is 1. The second-order valence-corrected chi connectivity index (χ2v) is 5.31. The van der Waals surface area contributed by atoms with E-state index in [2.05, 4.69) is 10.8 Å². The first kappa shape index (κ1) is 19.5. The molecule has 1 aromatic carbocycles. The summed E-state index contributed by atoms with van der Waals surface area (Å²) in [5.74, 6) is 3.22. The van der Waals surface area contributed by atoms with Crippen LogP contribution in [0.4, 0.5) is 0 Å². The van der Waals surface area contributed by atoms with Crippen LogP contribution in [0.1, 0.15) is 12.0 Å². The topological polar surface area (TPSA) is 51.2 Å². The molecule has 0 amide bonds. The highest BCUT2D eigenvalue weighted by atomic mass is 16.5. The van der Waals surface area contributed by atoms with Crippen LogP contribution in [0.2, 0.25) is 0 Å². The maximum absolute atomic E-state index is 10.1. The zero-order valence-electron chi connectivity index (χ0n) is 14.0. The van der Waals surface area contributed by atoms with Gasteiger partial charge in [-0.3, -0.25) is 4.90 Å². The summed E-state index contributed by atoms with van der Waals surface area (Å²) in [6.07, 6.45) is 5.46. The van der Waals surface area contributed by atoms with E-state index in [4.69, 9.17) is 20.6 Å².